The number of carbonyl (C=O) groups is 3. The Bertz CT molecular complexity index is 1180. The van der Waals surface area contributed by atoms with Crippen LogP contribution in [0.5, 0.6) is 5.75 Å². The zero-order valence-corrected chi connectivity index (χ0v) is 19.7. The van der Waals surface area contributed by atoms with Crippen LogP contribution in [0.25, 0.3) is 6.08 Å². The molecule has 0 spiro atoms. The Morgan fingerprint density at radius 2 is 1.97 bits per heavy atom. The highest BCUT2D eigenvalue weighted by molar-refractivity contribution is 5.97. The number of cyclic esters (lactones) is 1. The van der Waals surface area contributed by atoms with Crippen LogP contribution >= 0.6 is 0 Å². The number of carboxylic acid groups (broad SMARTS) is 1. The third kappa shape index (κ3) is 4.90. The van der Waals surface area contributed by atoms with Crippen molar-refractivity contribution in [2.75, 3.05) is 0 Å². The number of esters is 1. The van der Waals surface area contributed by atoms with E-state index in [2.05, 4.69) is 5.10 Å². The SMILES string of the molecule is CC(C)(C)OC(=O)N1Cc2cn(Cc3ccc(/C=C\C(=O)O)c4c3C(=O)OC(C)(C)O4)nc2C1. The number of carbonyl (C=O) groups excluding carboxylic acids is 2. The molecule has 2 aliphatic heterocycles. The number of hydrogen-bond acceptors (Lipinski definition) is 7. The average molecular weight is 469 g/mol. The molecule has 0 aliphatic carbocycles. The Balaban J connectivity index is 1.59. The van der Waals surface area contributed by atoms with Gasteiger partial charge in [-0.15, -0.1) is 0 Å². The van der Waals surface area contributed by atoms with Gasteiger partial charge in [-0.1, -0.05) is 12.1 Å². The molecule has 10 heteroatoms. The predicted octanol–water partition coefficient (Wildman–Crippen LogP) is 3.57. The largest absolute Gasteiger partial charge is 0.478 e. The minimum Gasteiger partial charge on any atom is -0.478 e. The number of ether oxygens (including phenoxy) is 3. The molecule has 0 fully saturated rings. The molecule has 1 aromatic heterocycles. The molecule has 1 N–H and O–H groups in total. The van der Waals surface area contributed by atoms with E-state index in [9.17, 15) is 14.4 Å². The van der Waals surface area contributed by atoms with Gasteiger partial charge in [0, 0.05) is 37.2 Å². The highest BCUT2D eigenvalue weighted by Crippen LogP contribution is 2.37. The van der Waals surface area contributed by atoms with Crippen LogP contribution in [-0.4, -0.2) is 49.2 Å². The summed E-state index contributed by atoms with van der Waals surface area (Å²) in [6, 6.07) is 3.42. The summed E-state index contributed by atoms with van der Waals surface area (Å²) in [4.78, 5) is 37.8. The highest BCUT2D eigenvalue weighted by Gasteiger charge is 2.37. The zero-order valence-electron chi connectivity index (χ0n) is 19.7. The van der Waals surface area contributed by atoms with E-state index in [0.29, 0.717) is 24.2 Å². The molecule has 2 aliphatic rings. The predicted molar refractivity (Wildman–Crippen MR) is 120 cm³/mol. The molecule has 0 unspecified atom stereocenters. The summed E-state index contributed by atoms with van der Waals surface area (Å²) in [5.74, 6) is -2.58. The van der Waals surface area contributed by atoms with E-state index in [1.807, 2.05) is 27.0 Å². The number of benzene rings is 1. The summed E-state index contributed by atoms with van der Waals surface area (Å²) in [6.07, 6.45) is 3.81. The van der Waals surface area contributed by atoms with Gasteiger partial charge in [-0.25, -0.2) is 14.4 Å². The van der Waals surface area contributed by atoms with Gasteiger partial charge >= 0.3 is 18.0 Å². The van der Waals surface area contributed by atoms with Gasteiger partial charge in [0.25, 0.3) is 0 Å². The quantitative estimate of drug-likeness (QED) is 0.533. The van der Waals surface area contributed by atoms with Gasteiger partial charge in [-0.2, -0.15) is 5.10 Å². The van der Waals surface area contributed by atoms with Crippen molar-refractivity contribution < 1.29 is 33.7 Å². The standard InChI is InChI=1S/C24H27N3O7/c1-23(2,3)34-22(31)26-10-16-12-27(25-17(16)13-26)11-15-7-6-14(8-9-18(28)29)20-19(15)21(30)33-24(4,5)32-20/h6-9,12H,10-11,13H2,1-5H3,(H,28,29)/b9-8-. The number of carboxylic acids is 1. The molecule has 0 bridgehead atoms. The van der Waals surface area contributed by atoms with Crippen molar-refractivity contribution in [1.82, 2.24) is 14.7 Å². The van der Waals surface area contributed by atoms with Crippen LogP contribution in [-0.2, 0) is 33.9 Å². The van der Waals surface area contributed by atoms with E-state index in [0.717, 1.165) is 17.3 Å². The molecule has 0 saturated carbocycles. The van der Waals surface area contributed by atoms with Gasteiger partial charge in [0.15, 0.2) is 0 Å². The molecular formula is C24H27N3O7. The molecule has 180 valence electrons. The summed E-state index contributed by atoms with van der Waals surface area (Å²) in [6.45, 7) is 9.68. The third-order valence-corrected chi connectivity index (χ3v) is 5.18. The first-order valence-corrected chi connectivity index (χ1v) is 10.8. The van der Waals surface area contributed by atoms with Crippen LogP contribution in [0.4, 0.5) is 4.79 Å². The van der Waals surface area contributed by atoms with Gasteiger partial charge in [0.1, 0.15) is 16.9 Å². The minimum absolute atomic E-state index is 0.234. The number of rotatable bonds is 4. The lowest BCUT2D eigenvalue weighted by Crippen LogP contribution is -2.39. The van der Waals surface area contributed by atoms with Crippen LogP contribution in [0.2, 0.25) is 0 Å². The summed E-state index contributed by atoms with van der Waals surface area (Å²) in [7, 11) is 0. The lowest BCUT2D eigenvalue weighted by Gasteiger charge is -2.33. The molecule has 1 amide bonds. The minimum atomic E-state index is -1.19. The summed E-state index contributed by atoms with van der Waals surface area (Å²) in [5, 5.41) is 13.6. The van der Waals surface area contributed by atoms with E-state index in [1.165, 1.54) is 6.08 Å². The van der Waals surface area contributed by atoms with Crippen molar-refractivity contribution in [3.05, 3.63) is 52.4 Å². The molecule has 2 aromatic rings. The topological polar surface area (TPSA) is 120 Å². The van der Waals surface area contributed by atoms with Crippen LogP contribution in [0, 0.1) is 0 Å². The van der Waals surface area contributed by atoms with Gasteiger partial charge in [0.05, 0.1) is 25.3 Å². The van der Waals surface area contributed by atoms with Gasteiger partial charge in [-0.05, 0) is 32.4 Å². The average Bonchev–Trinajstić information content (AvgIpc) is 3.23. The Morgan fingerprint density at radius 1 is 1.24 bits per heavy atom. The number of fused-ring (bicyclic) bond motifs is 2. The fourth-order valence-corrected chi connectivity index (χ4v) is 3.86. The van der Waals surface area contributed by atoms with Crippen molar-refractivity contribution in [3.8, 4) is 5.75 Å². The van der Waals surface area contributed by atoms with E-state index < -0.39 is 29.4 Å². The van der Waals surface area contributed by atoms with E-state index in [1.54, 1.807) is 35.6 Å². The van der Waals surface area contributed by atoms with Gasteiger partial charge in [-0.3, -0.25) is 9.58 Å². The van der Waals surface area contributed by atoms with E-state index in [-0.39, 0.29) is 17.9 Å². The first-order chi connectivity index (χ1) is 15.8. The molecule has 0 saturated heterocycles. The Hall–Kier alpha value is -3.82. The molecule has 4 rings (SSSR count). The monoisotopic (exact) mass is 469 g/mol. The van der Waals surface area contributed by atoms with Gasteiger partial charge < -0.3 is 19.3 Å². The van der Waals surface area contributed by atoms with E-state index >= 15 is 0 Å². The molecule has 3 heterocycles. The van der Waals surface area contributed by atoms with E-state index in [4.69, 9.17) is 19.3 Å². The summed E-state index contributed by atoms with van der Waals surface area (Å²) >= 11 is 0. The molecule has 10 nitrogen and oxygen atoms in total. The highest BCUT2D eigenvalue weighted by atomic mass is 16.7. The number of hydrogen-bond donors (Lipinski definition) is 1. The molecule has 0 radical (unpaired) electrons. The second-order valence-corrected chi connectivity index (χ2v) is 9.72. The van der Waals surface area contributed by atoms with Crippen LogP contribution < -0.4 is 4.74 Å². The fourth-order valence-electron chi connectivity index (χ4n) is 3.86. The lowest BCUT2D eigenvalue weighted by atomic mass is 10.00. The summed E-state index contributed by atoms with van der Waals surface area (Å²) in [5.41, 5.74) is 2.40. The lowest BCUT2D eigenvalue weighted by molar-refractivity contribution is -0.131. The van der Waals surface area contributed by atoms with Crippen molar-refractivity contribution in [2.45, 2.75) is 65.6 Å². The van der Waals surface area contributed by atoms with Crippen LogP contribution in [0.1, 0.15) is 67.4 Å². The molecule has 1 aromatic carbocycles. The summed E-state index contributed by atoms with van der Waals surface area (Å²) < 4.78 is 18.4. The normalized spacial score (nSPS) is 16.6. The Labute approximate surface area is 196 Å². The maximum absolute atomic E-state index is 12.8. The molecule has 34 heavy (non-hydrogen) atoms. The number of nitrogens with zero attached hydrogens (tertiary/aromatic N) is 3. The van der Waals surface area contributed by atoms with Crippen LogP contribution in [0.15, 0.2) is 24.4 Å². The fraction of sp³-hybridized carbons (Fsp3) is 0.417. The molecular weight excluding hydrogens is 442 g/mol. The number of aliphatic carboxylic acids is 1. The first kappa shape index (κ1) is 23.3. The second kappa shape index (κ2) is 8.19. The molecule has 0 atom stereocenters. The van der Waals surface area contributed by atoms with Crippen molar-refractivity contribution in [2.24, 2.45) is 0 Å². The van der Waals surface area contributed by atoms with Crippen LogP contribution in [0.3, 0.4) is 0 Å². The number of aromatic nitrogens is 2. The smallest absolute Gasteiger partial charge is 0.410 e. The second-order valence-electron chi connectivity index (χ2n) is 9.72. The maximum Gasteiger partial charge on any atom is 0.410 e. The zero-order chi connectivity index (χ0) is 24.8. The first-order valence-electron chi connectivity index (χ1n) is 10.8. The van der Waals surface area contributed by atoms with Crippen molar-refractivity contribution >= 4 is 24.1 Å². The van der Waals surface area contributed by atoms with Crippen molar-refractivity contribution in [1.29, 1.82) is 0 Å². The Morgan fingerprint density at radius 3 is 2.62 bits per heavy atom. The Kier molecular flexibility index (Phi) is 5.63. The van der Waals surface area contributed by atoms with Crippen molar-refractivity contribution in [3.63, 3.8) is 0 Å². The maximum atomic E-state index is 12.8. The van der Waals surface area contributed by atoms with Gasteiger partial charge in [0.2, 0.25) is 5.79 Å². The number of amides is 1. The third-order valence-electron chi connectivity index (χ3n) is 5.18.